The third-order valence-electron chi connectivity index (χ3n) is 3.16. The SMILES string of the molecule is CCCC(CC)NC(=O)c1nc(C(C)C)ncc1NN. The molecule has 1 aromatic heterocycles. The van der Waals surface area contributed by atoms with Gasteiger partial charge < -0.3 is 10.7 Å². The number of aromatic nitrogens is 2. The van der Waals surface area contributed by atoms with Crippen molar-refractivity contribution in [2.75, 3.05) is 5.43 Å². The summed E-state index contributed by atoms with van der Waals surface area (Å²) in [6, 6.07) is 0.163. The average Bonchev–Trinajstić information content (AvgIpc) is 2.45. The van der Waals surface area contributed by atoms with Crippen molar-refractivity contribution < 1.29 is 4.79 Å². The molecule has 0 fully saturated rings. The molecule has 0 saturated carbocycles. The van der Waals surface area contributed by atoms with Gasteiger partial charge in [-0.1, -0.05) is 34.1 Å². The van der Waals surface area contributed by atoms with Gasteiger partial charge in [0.25, 0.3) is 5.91 Å². The van der Waals surface area contributed by atoms with Crippen LogP contribution in [-0.4, -0.2) is 21.9 Å². The minimum atomic E-state index is -0.206. The number of nitrogens with one attached hydrogen (secondary N) is 2. The zero-order valence-electron chi connectivity index (χ0n) is 12.7. The van der Waals surface area contributed by atoms with E-state index in [-0.39, 0.29) is 17.9 Å². The monoisotopic (exact) mass is 279 g/mol. The van der Waals surface area contributed by atoms with Crippen LogP contribution in [0.25, 0.3) is 0 Å². The second kappa shape index (κ2) is 7.79. The standard InChI is InChI=1S/C14H25N5O/c1-5-7-10(6-2)17-14(20)12-11(19-15)8-16-13(18-12)9(3)4/h8-10,19H,5-7,15H2,1-4H3,(H,17,20). The highest BCUT2D eigenvalue weighted by atomic mass is 16.2. The number of carbonyl (C=O) groups excluding carboxylic acids is 1. The maximum atomic E-state index is 12.3. The predicted molar refractivity (Wildman–Crippen MR) is 80.4 cm³/mol. The molecule has 0 aromatic carbocycles. The fourth-order valence-corrected chi connectivity index (χ4v) is 1.93. The van der Waals surface area contributed by atoms with E-state index in [0.717, 1.165) is 19.3 Å². The van der Waals surface area contributed by atoms with Crippen molar-refractivity contribution in [2.24, 2.45) is 5.84 Å². The summed E-state index contributed by atoms with van der Waals surface area (Å²) in [5, 5.41) is 3.00. The minimum Gasteiger partial charge on any atom is -0.348 e. The Morgan fingerprint density at radius 2 is 2.10 bits per heavy atom. The molecule has 0 aliphatic rings. The maximum absolute atomic E-state index is 12.3. The zero-order valence-corrected chi connectivity index (χ0v) is 12.7. The molecule has 0 saturated heterocycles. The van der Waals surface area contributed by atoms with Crippen LogP contribution < -0.4 is 16.6 Å². The predicted octanol–water partition coefficient (Wildman–Crippen LogP) is 2.19. The van der Waals surface area contributed by atoms with E-state index in [1.165, 1.54) is 0 Å². The van der Waals surface area contributed by atoms with E-state index in [9.17, 15) is 4.79 Å². The van der Waals surface area contributed by atoms with Crippen LogP contribution in [0, 0.1) is 0 Å². The molecule has 0 aliphatic heterocycles. The van der Waals surface area contributed by atoms with Crippen molar-refractivity contribution in [1.29, 1.82) is 0 Å². The van der Waals surface area contributed by atoms with Gasteiger partial charge in [0.05, 0.1) is 11.9 Å². The molecule has 0 spiro atoms. The Balaban J connectivity index is 2.97. The van der Waals surface area contributed by atoms with Gasteiger partial charge in [-0.15, -0.1) is 0 Å². The summed E-state index contributed by atoms with van der Waals surface area (Å²) in [6.07, 6.45) is 4.43. The number of nitrogens with two attached hydrogens (primary N) is 1. The third-order valence-corrected chi connectivity index (χ3v) is 3.16. The van der Waals surface area contributed by atoms with Gasteiger partial charge in [-0.2, -0.15) is 0 Å². The molecule has 1 aromatic rings. The molecule has 1 unspecified atom stereocenters. The van der Waals surface area contributed by atoms with E-state index in [4.69, 9.17) is 5.84 Å². The summed E-state index contributed by atoms with van der Waals surface area (Å²) in [4.78, 5) is 20.9. The van der Waals surface area contributed by atoms with Gasteiger partial charge in [0, 0.05) is 12.0 Å². The molecule has 0 aliphatic carbocycles. The van der Waals surface area contributed by atoms with Crippen molar-refractivity contribution in [3.8, 4) is 0 Å². The molecule has 4 N–H and O–H groups in total. The Bertz CT molecular complexity index is 447. The Labute approximate surface area is 120 Å². The van der Waals surface area contributed by atoms with Gasteiger partial charge in [0.15, 0.2) is 5.69 Å². The summed E-state index contributed by atoms with van der Waals surface area (Å²) >= 11 is 0. The lowest BCUT2D eigenvalue weighted by atomic mass is 10.1. The molecule has 0 radical (unpaired) electrons. The first-order valence-corrected chi connectivity index (χ1v) is 7.17. The van der Waals surface area contributed by atoms with Crippen LogP contribution in [0.2, 0.25) is 0 Å². The molecule has 1 heterocycles. The average molecular weight is 279 g/mol. The Kier molecular flexibility index (Phi) is 6.38. The maximum Gasteiger partial charge on any atom is 0.272 e. The first kappa shape index (κ1) is 16.4. The lowest BCUT2D eigenvalue weighted by Crippen LogP contribution is -2.35. The molecule has 1 amide bonds. The number of hydrogen-bond donors (Lipinski definition) is 3. The Morgan fingerprint density at radius 1 is 1.40 bits per heavy atom. The van der Waals surface area contributed by atoms with Crippen LogP contribution in [0.5, 0.6) is 0 Å². The van der Waals surface area contributed by atoms with E-state index in [1.54, 1.807) is 6.20 Å². The number of nitrogens with zero attached hydrogens (tertiary/aromatic N) is 2. The van der Waals surface area contributed by atoms with Crippen LogP contribution in [0.3, 0.4) is 0 Å². The van der Waals surface area contributed by atoms with Crippen molar-refractivity contribution in [3.05, 3.63) is 17.7 Å². The van der Waals surface area contributed by atoms with Crippen LogP contribution in [-0.2, 0) is 0 Å². The van der Waals surface area contributed by atoms with E-state index >= 15 is 0 Å². The van der Waals surface area contributed by atoms with Gasteiger partial charge in [-0.25, -0.2) is 9.97 Å². The number of anilines is 1. The van der Waals surface area contributed by atoms with E-state index in [0.29, 0.717) is 17.2 Å². The fourth-order valence-electron chi connectivity index (χ4n) is 1.93. The minimum absolute atomic E-state index is 0.158. The smallest absolute Gasteiger partial charge is 0.272 e. The number of hydrogen-bond acceptors (Lipinski definition) is 5. The number of carbonyl (C=O) groups is 1. The molecular formula is C14H25N5O. The highest BCUT2D eigenvalue weighted by molar-refractivity contribution is 5.97. The fraction of sp³-hybridized carbons (Fsp3) is 0.643. The second-order valence-corrected chi connectivity index (χ2v) is 5.16. The number of hydrazine groups is 1. The Morgan fingerprint density at radius 3 is 2.60 bits per heavy atom. The van der Waals surface area contributed by atoms with E-state index < -0.39 is 0 Å². The largest absolute Gasteiger partial charge is 0.348 e. The molecule has 6 heteroatoms. The molecule has 1 atom stereocenters. The summed E-state index contributed by atoms with van der Waals surface area (Å²) in [5.41, 5.74) is 3.23. The first-order valence-electron chi connectivity index (χ1n) is 7.17. The highest BCUT2D eigenvalue weighted by Crippen LogP contribution is 2.16. The third kappa shape index (κ3) is 4.16. The van der Waals surface area contributed by atoms with E-state index in [1.807, 2.05) is 13.8 Å². The molecule has 0 bridgehead atoms. The number of rotatable bonds is 7. The summed E-state index contributed by atoms with van der Waals surface area (Å²) in [7, 11) is 0. The molecule has 1 rings (SSSR count). The van der Waals surface area contributed by atoms with E-state index in [2.05, 4.69) is 34.6 Å². The summed E-state index contributed by atoms with van der Waals surface area (Å²) in [6.45, 7) is 8.13. The molecule has 6 nitrogen and oxygen atoms in total. The normalized spacial score (nSPS) is 12.3. The van der Waals surface area contributed by atoms with Gasteiger partial charge in [0.2, 0.25) is 0 Å². The van der Waals surface area contributed by atoms with Crippen LogP contribution in [0.4, 0.5) is 5.69 Å². The van der Waals surface area contributed by atoms with Crippen molar-refractivity contribution in [1.82, 2.24) is 15.3 Å². The zero-order chi connectivity index (χ0) is 15.1. The number of nitrogen functional groups attached to an aromatic ring is 1. The summed E-state index contributed by atoms with van der Waals surface area (Å²) < 4.78 is 0. The van der Waals surface area contributed by atoms with Crippen LogP contribution in [0.15, 0.2) is 6.20 Å². The van der Waals surface area contributed by atoms with Crippen LogP contribution >= 0.6 is 0 Å². The topological polar surface area (TPSA) is 92.9 Å². The Hall–Kier alpha value is -1.69. The van der Waals surface area contributed by atoms with Crippen molar-refractivity contribution in [2.45, 2.75) is 58.9 Å². The lowest BCUT2D eigenvalue weighted by molar-refractivity contribution is 0.0929. The lowest BCUT2D eigenvalue weighted by Gasteiger charge is -2.17. The first-order chi connectivity index (χ1) is 9.53. The highest BCUT2D eigenvalue weighted by Gasteiger charge is 2.18. The van der Waals surface area contributed by atoms with Gasteiger partial charge in [-0.05, 0) is 12.8 Å². The molecular weight excluding hydrogens is 254 g/mol. The van der Waals surface area contributed by atoms with Gasteiger partial charge >= 0.3 is 0 Å². The van der Waals surface area contributed by atoms with Crippen LogP contribution in [0.1, 0.15) is 69.2 Å². The molecule has 20 heavy (non-hydrogen) atoms. The molecule has 112 valence electrons. The quantitative estimate of drug-likeness (QED) is 0.525. The number of amides is 1. The van der Waals surface area contributed by atoms with Gasteiger partial charge in [0.1, 0.15) is 5.82 Å². The summed E-state index contributed by atoms with van der Waals surface area (Å²) in [5.74, 6) is 6.02. The van der Waals surface area contributed by atoms with Crippen molar-refractivity contribution >= 4 is 11.6 Å². The van der Waals surface area contributed by atoms with Crippen molar-refractivity contribution in [3.63, 3.8) is 0 Å². The van der Waals surface area contributed by atoms with Gasteiger partial charge in [-0.3, -0.25) is 10.6 Å². The second-order valence-electron chi connectivity index (χ2n) is 5.16.